The summed E-state index contributed by atoms with van der Waals surface area (Å²) in [7, 11) is 1.88. The van der Waals surface area contributed by atoms with Crippen molar-refractivity contribution in [1.29, 1.82) is 0 Å². The Hall–Kier alpha value is -3.88. The molecule has 178 valence electrons. The molecule has 0 saturated carbocycles. The lowest BCUT2D eigenvalue weighted by Gasteiger charge is -2.25. The first-order chi connectivity index (χ1) is 16.0. The van der Waals surface area contributed by atoms with Crippen molar-refractivity contribution in [2.24, 2.45) is 12.8 Å². The maximum Gasteiger partial charge on any atom is 0.306 e. The van der Waals surface area contributed by atoms with E-state index in [9.17, 15) is 14.4 Å². The first-order valence-electron chi connectivity index (χ1n) is 11.1. The number of amides is 2. The molecule has 1 atom stereocenters. The molecule has 2 N–H and O–H groups in total. The first kappa shape index (κ1) is 23.3. The van der Waals surface area contributed by atoms with Gasteiger partial charge in [0.2, 0.25) is 5.91 Å². The molecule has 4 rings (SSSR count). The number of carbonyl (C=O) groups excluding carboxylic acids is 3. The van der Waals surface area contributed by atoms with Crippen LogP contribution in [0.5, 0.6) is 0 Å². The third-order valence-electron chi connectivity index (χ3n) is 5.60. The molecule has 0 radical (unpaired) electrons. The summed E-state index contributed by atoms with van der Waals surface area (Å²) in [4.78, 5) is 43.4. The summed E-state index contributed by atoms with van der Waals surface area (Å²) in [6, 6.07) is 8.20. The number of nitrogens with two attached hydrogens (primary N) is 1. The SMILES string of the molecule is Cn1cc(-c2ccc3c(c2)CN(C(CCC(=O)OC(C)(C)C)C(N)=O)C3=O)nc1-c1ccco1. The predicted molar refractivity (Wildman–Crippen MR) is 124 cm³/mol. The maximum absolute atomic E-state index is 13.0. The average molecular weight is 465 g/mol. The van der Waals surface area contributed by atoms with E-state index < -0.39 is 23.5 Å². The Morgan fingerprint density at radius 3 is 2.68 bits per heavy atom. The van der Waals surface area contributed by atoms with Crippen LogP contribution in [0.2, 0.25) is 0 Å². The second-order valence-corrected chi connectivity index (χ2v) is 9.39. The van der Waals surface area contributed by atoms with Gasteiger partial charge in [-0.3, -0.25) is 14.4 Å². The monoisotopic (exact) mass is 464 g/mol. The number of ether oxygens (including phenoxy) is 1. The van der Waals surface area contributed by atoms with Crippen LogP contribution < -0.4 is 5.73 Å². The van der Waals surface area contributed by atoms with Crippen molar-refractivity contribution in [2.75, 3.05) is 0 Å². The fraction of sp³-hybridized carbons (Fsp3) is 0.360. The van der Waals surface area contributed by atoms with Crippen molar-refractivity contribution < 1.29 is 23.5 Å². The minimum Gasteiger partial charge on any atom is -0.461 e. The Kier molecular flexibility index (Phi) is 6.03. The molecule has 0 saturated heterocycles. The number of furan rings is 1. The highest BCUT2D eigenvalue weighted by Gasteiger charge is 2.36. The summed E-state index contributed by atoms with van der Waals surface area (Å²) in [5, 5.41) is 0. The normalized spacial score (nSPS) is 14.2. The third-order valence-corrected chi connectivity index (χ3v) is 5.60. The number of fused-ring (bicyclic) bond motifs is 1. The van der Waals surface area contributed by atoms with Crippen molar-refractivity contribution >= 4 is 17.8 Å². The lowest BCUT2D eigenvalue weighted by molar-refractivity contribution is -0.155. The Bertz CT molecular complexity index is 1240. The van der Waals surface area contributed by atoms with E-state index in [1.165, 1.54) is 4.90 Å². The molecule has 0 fully saturated rings. The topological polar surface area (TPSA) is 121 Å². The summed E-state index contributed by atoms with van der Waals surface area (Å²) in [5.74, 6) is -0.0306. The van der Waals surface area contributed by atoms with Crippen LogP contribution in [-0.2, 0) is 27.9 Å². The number of nitrogens with zero attached hydrogens (tertiary/aromatic N) is 3. The van der Waals surface area contributed by atoms with Crippen LogP contribution >= 0.6 is 0 Å². The highest BCUT2D eigenvalue weighted by atomic mass is 16.6. The minimum atomic E-state index is -0.906. The van der Waals surface area contributed by atoms with Gasteiger partial charge in [-0.25, -0.2) is 4.98 Å². The lowest BCUT2D eigenvalue weighted by Crippen LogP contribution is -2.45. The molecule has 3 heterocycles. The molecule has 1 aliphatic rings. The Morgan fingerprint density at radius 2 is 2.03 bits per heavy atom. The molecule has 0 bridgehead atoms. The molecule has 2 aromatic heterocycles. The van der Waals surface area contributed by atoms with E-state index in [1.807, 2.05) is 36.0 Å². The highest BCUT2D eigenvalue weighted by Crippen LogP contribution is 2.31. The van der Waals surface area contributed by atoms with Gasteiger partial charge in [0.25, 0.3) is 5.91 Å². The molecular weight excluding hydrogens is 436 g/mol. The molecule has 2 amide bonds. The van der Waals surface area contributed by atoms with Gasteiger partial charge in [0.15, 0.2) is 11.6 Å². The van der Waals surface area contributed by atoms with Gasteiger partial charge >= 0.3 is 5.97 Å². The van der Waals surface area contributed by atoms with Gasteiger partial charge < -0.3 is 24.4 Å². The number of benzene rings is 1. The smallest absolute Gasteiger partial charge is 0.306 e. The van der Waals surface area contributed by atoms with Crippen LogP contribution in [0.15, 0.2) is 47.2 Å². The summed E-state index contributed by atoms with van der Waals surface area (Å²) in [6.45, 7) is 5.54. The molecule has 3 aromatic rings. The van der Waals surface area contributed by atoms with E-state index in [2.05, 4.69) is 4.98 Å². The molecule has 9 nitrogen and oxygen atoms in total. The Morgan fingerprint density at radius 1 is 1.26 bits per heavy atom. The van der Waals surface area contributed by atoms with E-state index in [0.717, 1.165) is 16.8 Å². The number of aromatic nitrogens is 2. The average Bonchev–Trinajstić information content (AvgIpc) is 3.46. The van der Waals surface area contributed by atoms with Crippen LogP contribution in [0.4, 0.5) is 0 Å². The summed E-state index contributed by atoms with van der Waals surface area (Å²) >= 11 is 0. The lowest BCUT2D eigenvalue weighted by atomic mass is 10.0. The number of esters is 1. The van der Waals surface area contributed by atoms with Gasteiger partial charge in [0, 0.05) is 37.3 Å². The maximum atomic E-state index is 13.0. The zero-order valence-electron chi connectivity index (χ0n) is 19.7. The predicted octanol–water partition coefficient (Wildman–Crippen LogP) is 3.28. The standard InChI is InChI=1S/C25H28N4O5/c1-25(2,3)34-21(30)10-9-19(22(26)31)29-13-16-12-15(7-8-17(16)24(29)32)18-14-28(4)23(27-18)20-6-5-11-33-20/h5-8,11-12,14,19H,9-10,13H2,1-4H3,(H2,26,31). The zero-order valence-corrected chi connectivity index (χ0v) is 19.7. The minimum absolute atomic E-state index is 0.0141. The van der Waals surface area contributed by atoms with Gasteiger partial charge in [-0.1, -0.05) is 6.07 Å². The number of primary amides is 1. The fourth-order valence-corrected chi connectivity index (χ4v) is 4.09. The summed E-state index contributed by atoms with van der Waals surface area (Å²) < 4.78 is 12.6. The van der Waals surface area contributed by atoms with Crippen molar-refractivity contribution in [3.63, 3.8) is 0 Å². The third kappa shape index (κ3) is 4.73. The summed E-state index contributed by atoms with van der Waals surface area (Å²) in [5.41, 5.74) is 7.84. The van der Waals surface area contributed by atoms with E-state index >= 15 is 0 Å². The van der Waals surface area contributed by atoms with E-state index in [1.54, 1.807) is 39.2 Å². The quantitative estimate of drug-likeness (QED) is 0.536. The molecule has 1 aromatic carbocycles. The number of hydrogen-bond acceptors (Lipinski definition) is 6. The molecule has 0 spiro atoms. The number of hydrogen-bond donors (Lipinski definition) is 1. The van der Waals surface area contributed by atoms with E-state index in [-0.39, 0.29) is 25.3 Å². The molecular formula is C25H28N4O5. The van der Waals surface area contributed by atoms with Crippen molar-refractivity contribution in [1.82, 2.24) is 14.5 Å². The highest BCUT2D eigenvalue weighted by molar-refractivity contribution is 6.01. The van der Waals surface area contributed by atoms with Gasteiger partial charge in [0.1, 0.15) is 11.6 Å². The largest absolute Gasteiger partial charge is 0.461 e. The number of rotatable bonds is 7. The summed E-state index contributed by atoms with van der Waals surface area (Å²) in [6.07, 6.45) is 3.57. The van der Waals surface area contributed by atoms with E-state index in [0.29, 0.717) is 17.1 Å². The number of imidazole rings is 1. The Balaban J connectivity index is 1.53. The fourth-order valence-electron chi connectivity index (χ4n) is 4.09. The van der Waals surface area contributed by atoms with Crippen molar-refractivity contribution in [2.45, 2.75) is 51.8 Å². The van der Waals surface area contributed by atoms with Crippen molar-refractivity contribution in [3.8, 4) is 22.8 Å². The second-order valence-electron chi connectivity index (χ2n) is 9.39. The van der Waals surface area contributed by atoms with Crippen molar-refractivity contribution in [3.05, 3.63) is 53.9 Å². The van der Waals surface area contributed by atoms with Crippen LogP contribution in [0.3, 0.4) is 0 Å². The Labute approximate surface area is 197 Å². The number of carbonyl (C=O) groups is 3. The molecule has 1 unspecified atom stereocenters. The van der Waals surface area contributed by atoms with Gasteiger partial charge in [-0.15, -0.1) is 0 Å². The molecule has 0 aliphatic carbocycles. The van der Waals surface area contributed by atoms with E-state index in [4.69, 9.17) is 14.9 Å². The first-order valence-corrected chi connectivity index (χ1v) is 11.1. The molecule has 9 heteroatoms. The molecule has 1 aliphatic heterocycles. The zero-order chi connectivity index (χ0) is 24.6. The van der Waals surface area contributed by atoms with Gasteiger partial charge in [-0.2, -0.15) is 0 Å². The van der Waals surface area contributed by atoms with Gasteiger partial charge in [-0.05, 0) is 57.0 Å². The van der Waals surface area contributed by atoms with Crippen LogP contribution in [0.25, 0.3) is 22.8 Å². The van der Waals surface area contributed by atoms with Gasteiger partial charge in [0.05, 0.1) is 12.0 Å². The second kappa shape index (κ2) is 8.81. The number of aryl methyl sites for hydroxylation is 1. The van der Waals surface area contributed by atoms with Crippen LogP contribution in [-0.4, -0.2) is 43.9 Å². The van der Waals surface area contributed by atoms with Crippen LogP contribution in [0.1, 0.15) is 49.5 Å². The van der Waals surface area contributed by atoms with Crippen LogP contribution in [0, 0.1) is 0 Å². The molecule has 34 heavy (non-hydrogen) atoms.